The maximum Gasteiger partial charge on any atom is 0.142 e. The minimum Gasteiger partial charge on any atom is -0.244 e. The molecular formula is C10H8ClF2N3. The lowest BCUT2D eigenvalue weighted by Gasteiger charge is -2.06. The molecule has 0 amide bonds. The summed E-state index contributed by atoms with van der Waals surface area (Å²) in [6, 6.07) is 3.73. The maximum atomic E-state index is 13.3. The van der Waals surface area contributed by atoms with E-state index in [1.165, 1.54) is 29.2 Å². The third-order valence-electron chi connectivity index (χ3n) is 2.18. The zero-order valence-electron chi connectivity index (χ0n) is 8.20. The van der Waals surface area contributed by atoms with Crippen molar-refractivity contribution in [1.29, 1.82) is 0 Å². The van der Waals surface area contributed by atoms with Crippen molar-refractivity contribution in [1.82, 2.24) is 14.8 Å². The molecule has 0 spiro atoms. The second-order valence-electron chi connectivity index (χ2n) is 3.17. The number of alkyl halides is 1. The van der Waals surface area contributed by atoms with E-state index >= 15 is 0 Å². The average molecular weight is 244 g/mol. The van der Waals surface area contributed by atoms with Gasteiger partial charge in [-0.15, -0.1) is 11.6 Å². The Kier molecular flexibility index (Phi) is 3.14. The maximum absolute atomic E-state index is 13.3. The highest BCUT2D eigenvalue weighted by molar-refractivity contribution is 6.16. The summed E-state index contributed by atoms with van der Waals surface area (Å²) in [5.41, 5.74) is -0.0423. The van der Waals surface area contributed by atoms with Gasteiger partial charge >= 0.3 is 0 Å². The number of halogens is 3. The molecule has 0 unspecified atom stereocenters. The average Bonchev–Trinajstić information content (AvgIpc) is 2.71. The largest absolute Gasteiger partial charge is 0.244 e. The highest BCUT2D eigenvalue weighted by atomic mass is 35.5. The first-order chi connectivity index (χ1) is 7.72. The summed E-state index contributed by atoms with van der Waals surface area (Å²) in [6.07, 6.45) is 1.30. The molecule has 3 nitrogen and oxygen atoms in total. The molecule has 6 heteroatoms. The molecule has 0 N–H and O–H groups in total. The van der Waals surface area contributed by atoms with Crippen LogP contribution in [0.3, 0.4) is 0 Å². The number of hydrogen-bond acceptors (Lipinski definition) is 2. The van der Waals surface area contributed by atoms with Gasteiger partial charge in [0.1, 0.15) is 23.8 Å². The third-order valence-corrected chi connectivity index (χ3v) is 2.42. The Bertz CT molecular complexity index is 478. The number of nitrogens with zero attached hydrogens (tertiary/aromatic N) is 3. The Labute approximate surface area is 95.7 Å². The van der Waals surface area contributed by atoms with Gasteiger partial charge in [-0.25, -0.2) is 18.4 Å². The number of benzene rings is 1. The molecule has 0 fully saturated rings. The Morgan fingerprint density at radius 1 is 1.25 bits per heavy atom. The number of aromatic nitrogens is 3. The van der Waals surface area contributed by atoms with Gasteiger partial charge in [-0.2, -0.15) is 5.10 Å². The molecular weight excluding hydrogens is 236 g/mol. The van der Waals surface area contributed by atoms with Crippen molar-refractivity contribution in [2.24, 2.45) is 0 Å². The van der Waals surface area contributed by atoms with Gasteiger partial charge in [-0.3, -0.25) is 0 Å². The fourth-order valence-electron chi connectivity index (χ4n) is 1.36. The van der Waals surface area contributed by atoms with Gasteiger partial charge in [0.2, 0.25) is 0 Å². The van der Waals surface area contributed by atoms with E-state index in [1.54, 1.807) is 0 Å². The van der Waals surface area contributed by atoms with Crippen LogP contribution in [-0.2, 0) is 12.4 Å². The summed E-state index contributed by atoms with van der Waals surface area (Å²) in [5, 5.41) is 3.85. The minimum absolute atomic E-state index is 0.0133. The quantitative estimate of drug-likeness (QED) is 0.775. The van der Waals surface area contributed by atoms with Crippen molar-refractivity contribution in [2.45, 2.75) is 12.4 Å². The van der Waals surface area contributed by atoms with Gasteiger partial charge in [0, 0.05) is 5.56 Å². The molecule has 1 heterocycles. The first-order valence-electron chi connectivity index (χ1n) is 4.58. The van der Waals surface area contributed by atoms with Gasteiger partial charge in [0.25, 0.3) is 0 Å². The lowest BCUT2D eigenvalue weighted by Crippen LogP contribution is -2.09. The Morgan fingerprint density at radius 2 is 1.94 bits per heavy atom. The van der Waals surface area contributed by atoms with Crippen LogP contribution in [-0.4, -0.2) is 14.8 Å². The molecule has 0 saturated carbocycles. The molecule has 2 rings (SSSR count). The van der Waals surface area contributed by atoms with Crippen molar-refractivity contribution >= 4 is 11.6 Å². The fourth-order valence-corrected chi connectivity index (χ4v) is 1.56. The zero-order valence-corrected chi connectivity index (χ0v) is 8.96. The predicted octanol–water partition coefficient (Wildman–Crippen LogP) is 2.34. The van der Waals surface area contributed by atoms with Crippen molar-refractivity contribution in [2.75, 3.05) is 0 Å². The lowest BCUT2D eigenvalue weighted by atomic mass is 10.2. The third kappa shape index (κ3) is 2.04. The van der Waals surface area contributed by atoms with E-state index < -0.39 is 11.6 Å². The van der Waals surface area contributed by atoms with Crippen LogP contribution in [0.25, 0.3) is 0 Å². The molecule has 0 aliphatic heterocycles. The predicted molar refractivity (Wildman–Crippen MR) is 55.0 cm³/mol. The van der Waals surface area contributed by atoms with Crippen LogP contribution in [0.2, 0.25) is 0 Å². The van der Waals surface area contributed by atoms with E-state index in [1.807, 2.05) is 0 Å². The Balaban J connectivity index is 2.34. The first kappa shape index (κ1) is 11.0. The topological polar surface area (TPSA) is 30.7 Å². The van der Waals surface area contributed by atoms with Gasteiger partial charge in [-0.1, -0.05) is 6.07 Å². The minimum atomic E-state index is -0.601. The SMILES string of the molecule is Fc1cccc(F)c1Cn1ncnc1CCl. The van der Waals surface area contributed by atoms with Crippen LogP contribution in [0.4, 0.5) is 8.78 Å². The summed E-state index contributed by atoms with van der Waals surface area (Å²) in [7, 11) is 0. The Hall–Kier alpha value is -1.49. The number of rotatable bonds is 3. The standard InChI is InChI=1S/C10H8ClF2N3/c11-4-10-14-6-15-16(10)5-7-8(12)2-1-3-9(7)13/h1-3,6H,4-5H2. The smallest absolute Gasteiger partial charge is 0.142 e. The van der Waals surface area contributed by atoms with Crippen molar-refractivity contribution in [3.8, 4) is 0 Å². The second kappa shape index (κ2) is 4.57. The van der Waals surface area contributed by atoms with Gasteiger partial charge < -0.3 is 0 Å². The van der Waals surface area contributed by atoms with Gasteiger partial charge in [-0.05, 0) is 12.1 Å². The van der Waals surface area contributed by atoms with Gasteiger partial charge in [0.15, 0.2) is 0 Å². The summed E-state index contributed by atoms with van der Waals surface area (Å²) >= 11 is 5.61. The molecule has 1 aromatic heterocycles. The van der Waals surface area contributed by atoms with E-state index in [0.29, 0.717) is 5.82 Å². The molecule has 0 aliphatic carbocycles. The van der Waals surface area contributed by atoms with E-state index in [9.17, 15) is 8.78 Å². The molecule has 1 aromatic carbocycles. The van der Waals surface area contributed by atoms with E-state index in [-0.39, 0.29) is 18.0 Å². The van der Waals surface area contributed by atoms with Crippen LogP contribution in [0.15, 0.2) is 24.5 Å². The van der Waals surface area contributed by atoms with Crippen LogP contribution in [0.5, 0.6) is 0 Å². The molecule has 0 saturated heterocycles. The monoisotopic (exact) mass is 243 g/mol. The van der Waals surface area contributed by atoms with Crippen molar-refractivity contribution in [3.05, 3.63) is 47.5 Å². The second-order valence-corrected chi connectivity index (χ2v) is 3.44. The summed E-state index contributed by atoms with van der Waals surface area (Å²) < 4.78 is 28.1. The molecule has 0 radical (unpaired) electrons. The van der Waals surface area contributed by atoms with E-state index in [4.69, 9.17) is 11.6 Å². The summed E-state index contributed by atoms with van der Waals surface area (Å²) in [5.74, 6) is -0.577. The summed E-state index contributed by atoms with van der Waals surface area (Å²) in [4.78, 5) is 3.87. The molecule has 0 atom stereocenters. The molecule has 0 aliphatic rings. The van der Waals surface area contributed by atoms with Gasteiger partial charge in [0.05, 0.1) is 12.4 Å². The summed E-state index contributed by atoms with van der Waals surface area (Å²) in [6.45, 7) is -0.0133. The van der Waals surface area contributed by atoms with Crippen LogP contribution >= 0.6 is 11.6 Å². The highest BCUT2D eigenvalue weighted by Crippen LogP contribution is 2.14. The van der Waals surface area contributed by atoms with E-state index in [0.717, 1.165) is 0 Å². The van der Waals surface area contributed by atoms with Crippen LogP contribution in [0, 0.1) is 11.6 Å². The van der Waals surface area contributed by atoms with Crippen molar-refractivity contribution in [3.63, 3.8) is 0 Å². The Morgan fingerprint density at radius 3 is 2.56 bits per heavy atom. The molecule has 84 valence electrons. The fraction of sp³-hybridized carbons (Fsp3) is 0.200. The van der Waals surface area contributed by atoms with E-state index in [2.05, 4.69) is 10.1 Å². The van der Waals surface area contributed by atoms with Crippen molar-refractivity contribution < 1.29 is 8.78 Å². The highest BCUT2D eigenvalue weighted by Gasteiger charge is 2.11. The van der Waals surface area contributed by atoms with Crippen LogP contribution in [0.1, 0.15) is 11.4 Å². The van der Waals surface area contributed by atoms with Crippen LogP contribution < -0.4 is 0 Å². The molecule has 2 aromatic rings. The normalized spacial score (nSPS) is 10.7. The molecule has 0 bridgehead atoms. The lowest BCUT2D eigenvalue weighted by molar-refractivity contribution is 0.528. The first-order valence-corrected chi connectivity index (χ1v) is 5.11. The molecule has 16 heavy (non-hydrogen) atoms. The zero-order chi connectivity index (χ0) is 11.5. The number of hydrogen-bond donors (Lipinski definition) is 0.